The van der Waals surface area contributed by atoms with Crippen LogP contribution in [-0.4, -0.2) is 24.3 Å². The molecule has 0 saturated heterocycles. The molecule has 10 heavy (non-hydrogen) atoms. The highest BCUT2D eigenvalue weighted by Gasteiger charge is 2.38. The van der Waals surface area contributed by atoms with Crippen molar-refractivity contribution >= 4 is 5.78 Å². The third-order valence-electron chi connectivity index (χ3n) is 1.03. The smallest absolute Gasteiger partial charge is 0.318 e. The van der Waals surface area contributed by atoms with Crippen LogP contribution >= 0.6 is 0 Å². The van der Waals surface area contributed by atoms with Crippen LogP contribution in [0.25, 0.3) is 0 Å². The van der Waals surface area contributed by atoms with E-state index >= 15 is 0 Å². The van der Waals surface area contributed by atoms with Crippen LogP contribution in [0.2, 0.25) is 0 Å². The molecule has 0 fully saturated rings. The topological polar surface area (TPSA) is 69.1 Å². The molecule has 0 bridgehead atoms. The van der Waals surface area contributed by atoms with Crippen molar-refractivity contribution in [2.45, 2.75) is 18.9 Å². The average molecular weight is 152 g/mol. The Bertz CT molecular complexity index is 136. The number of carbonyl (C=O) groups excluding carboxylic acids is 1. The predicted octanol–water partition coefficient (Wildman–Crippen LogP) is -0.503. The van der Waals surface area contributed by atoms with Gasteiger partial charge in [-0.1, -0.05) is 0 Å². The monoisotopic (exact) mass is 152 g/mol. The number of carbonyl (C=O) groups is 1. The Morgan fingerprint density at radius 2 is 2.10 bits per heavy atom. The Morgan fingerprint density at radius 3 is 2.20 bits per heavy atom. The molecule has 0 aromatic carbocycles. The Labute approximate surface area is 57.4 Å². The zero-order valence-corrected chi connectivity index (χ0v) is 5.60. The summed E-state index contributed by atoms with van der Waals surface area (Å²) in [6, 6.07) is -1.15. The van der Waals surface area contributed by atoms with Crippen molar-refractivity contribution < 1.29 is 13.6 Å². The maximum atomic E-state index is 12.2. The highest BCUT2D eigenvalue weighted by atomic mass is 19.3. The first-order valence-electron chi connectivity index (χ1n) is 2.79. The van der Waals surface area contributed by atoms with E-state index in [2.05, 4.69) is 5.73 Å². The van der Waals surface area contributed by atoms with Crippen molar-refractivity contribution in [3.05, 3.63) is 0 Å². The minimum absolute atomic E-state index is 0.979. The largest absolute Gasteiger partial charge is 0.325 e. The number of halogens is 2. The minimum atomic E-state index is -3.46. The lowest BCUT2D eigenvalue weighted by Gasteiger charge is -2.13. The van der Waals surface area contributed by atoms with Crippen LogP contribution in [0.1, 0.15) is 6.92 Å². The van der Waals surface area contributed by atoms with E-state index in [9.17, 15) is 13.6 Å². The van der Waals surface area contributed by atoms with Gasteiger partial charge in [0.1, 0.15) is 0 Å². The van der Waals surface area contributed by atoms with Crippen LogP contribution in [-0.2, 0) is 4.79 Å². The van der Waals surface area contributed by atoms with Gasteiger partial charge in [-0.25, -0.2) is 0 Å². The molecule has 1 unspecified atom stereocenters. The summed E-state index contributed by atoms with van der Waals surface area (Å²) < 4.78 is 24.5. The van der Waals surface area contributed by atoms with Gasteiger partial charge in [-0.2, -0.15) is 8.78 Å². The molecule has 0 heterocycles. The second-order valence-electron chi connectivity index (χ2n) is 2.06. The summed E-state index contributed by atoms with van der Waals surface area (Å²) in [7, 11) is 0. The molecule has 0 amide bonds. The molecule has 3 nitrogen and oxygen atoms in total. The second-order valence-corrected chi connectivity index (χ2v) is 2.06. The van der Waals surface area contributed by atoms with Gasteiger partial charge in [0, 0.05) is 0 Å². The van der Waals surface area contributed by atoms with E-state index in [4.69, 9.17) is 5.73 Å². The van der Waals surface area contributed by atoms with Crippen molar-refractivity contribution in [3.8, 4) is 0 Å². The fourth-order valence-electron chi connectivity index (χ4n) is 0.434. The highest BCUT2D eigenvalue weighted by molar-refractivity contribution is 5.90. The van der Waals surface area contributed by atoms with E-state index in [0.29, 0.717) is 0 Å². The van der Waals surface area contributed by atoms with Gasteiger partial charge in [0.15, 0.2) is 0 Å². The standard InChI is InChI=1S/C5H10F2N2O/c1-3(9)4(10)5(6,7)2-8/h3H,2,8-9H2,1H3. The SMILES string of the molecule is CC(N)C(=O)C(F)(F)CN. The number of alkyl halides is 2. The van der Waals surface area contributed by atoms with Crippen molar-refractivity contribution in [2.75, 3.05) is 6.54 Å². The Hall–Kier alpha value is -0.550. The maximum absolute atomic E-state index is 12.2. The molecule has 0 aliphatic carbocycles. The summed E-state index contributed by atoms with van der Waals surface area (Å²) in [6.45, 7) is 0.222. The number of rotatable bonds is 3. The van der Waals surface area contributed by atoms with Crippen molar-refractivity contribution in [1.82, 2.24) is 0 Å². The van der Waals surface area contributed by atoms with E-state index in [1.807, 2.05) is 0 Å². The minimum Gasteiger partial charge on any atom is -0.325 e. The van der Waals surface area contributed by atoms with Gasteiger partial charge < -0.3 is 11.5 Å². The van der Waals surface area contributed by atoms with E-state index < -0.39 is 24.3 Å². The fourth-order valence-corrected chi connectivity index (χ4v) is 0.434. The highest BCUT2D eigenvalue weighted by Crippen LogP contribution is 2.13. The van der Waals surface area contributed by atoms with Crippen molar-refractivity contribution in [3.63, 3.8) is 0 Å². The molecule has 4 N–H and O–H groups in total. The predicted molar refractivity (Wildman–Crippen MR) is 32.7 cm³/mol. The van der Waals surface area contributed by atoms with Gasteiger partial charge in [-0.15, -0.1) is 0 Å². The van der Waals surface area contributed by atoms with E-state index in [1.54, 1.807) is 0 Å². The summed E-state index contributed by atoms with van der Waals surface area (Å²) >= 11 is 0. The molecule has 60 valence electrons. The molecule has 0 aliphatic rings. The van der Waals surface area contributed by atoms with Crippen molar-refractivity contribution in [1.29, 1.82) is 0 Å². The Morgan fingerprint density at radius 1 is 1.70 bits per heavy atom. The summed E-state index contributed by atoms with van der Waals surface area (Å²) in [5.74, 6) is -4.77. The first-order chi connectivity index (χ1) is 4.41. The summed E-state index contributed by atoms with van der Waals surface area (Å²) in [4.78, 5) is 10.4. The molecule has 0 spiro atoms. The van der Waals surface area contributed by atoms with Crippen LogP contribution in [0.3, 0.4) is 0 Å². The average Bonchev–Trinajstić information content (AvgIpc) is 1.86. The zero-order valence-electron chi connectivity index (χ0n) is 5.60. The second kappa shape index (κ2) is 3.03. The quantitative estimate of drug-likeness (QED) is 0.572. The van der Waals surface area contributed by atoms with Gasteiger partial charge in [0.2, 0.25) is 5.78 Å². The third kappa shape index (κ3) is 2.00. The molecule has 0 aliphatic heterocycles. The number of ketones is 1. The molecule has 0 aromatic rings. The van der Waals surface area contributed by atoms with Crippen LogP contribution < -0.4 is 11.5 Å². The summed E-state index contributed by atoms with van der Waals surface area (Å²) in [5, 5.41) is 0. The molecular formula is C5H10F2N2O. The van der Waals surface area contributed by atoms with Gasteiger partial charge in [0.25, 0.3) is 0 Å². The zero-order chi connectivity index (χ0) is 8.36. The van der Waals surface area contributed by atoms with Gasteiger partial charge in [-0.3, -0.25) is 4.79 Å². The molecule has 0 saturated carbocycles. The number of hydrogen-bond donors (Lipinski definition) is 2. The van der Waals surface area contributed by atoms with Gasteiger partial charge >= 0.3 is 5.92 Å². The summed E-state index contributed by atoms with van der Waals surface area (Å²) in [5.41, 5.74) is 9.53. The number of hydrogen-bond acceptors (Lipinski definition) is 3. The number of Topliss-reactive ketones (excluding diaryl/α,β-unsaturated/α-hetero) is 1. The third-order valence-corrected chi connectivity index (χ3v) is 1.03. The maximum Gasteiger partial charge on any atom is 0.318 e. The van der Waals surface area contributed by atoms with Crippen LogP contribution in [0.5, 0.6) is 0 Å². The Kier molecular flexibility index (Phi) is 2.86. The van der Waals surface area contributed by atoms with E-state index in [1.165, 1.54) is 6.92 Å². The molecule has 0 radical (unpaired) electrons. The van der Waals surface area contributed by atoms with Gasteiger partial charge in [-0.05, 0) is 6.92 Å². The molecular weight excluding hydrogens is 142 g/mol. The van der Waals surface area contributed by atoms with E-state index in [0.717, 1.165) is 0 Å². The normalized spacial score (nSPS) is 14.9. The fraction of sp³-hybridized carbons (Fsp3) is 0.800. The van der Waals surface area contributed by atoms with Crippen LogP contribution in [0.4, 0.5) is 8.78 Å². The molecule has 5 heteroatoms. The molecule has 0 rings (SSSR count). The van der Waals surface area contributed by atoms with E-state index in [-0.39, 0.29) is 0 Å². The first kappa shape index (κ1) is 9.45. The number of nitrogens with two attached hydrogens (primary N) is 2. The summed E-state index contributed by atoms with van der Waals surface area (Å²) in [6.07, 6.45) is 0. The lowest BCUT2D eigenvalue weighted by Crippen LogP contribution is -2.45. The molecule has 0 aromatic heterocycles. The van der Waals surface area contributed by atoms with Gasteiger partial charge in [0.05, 0.1) is 12.6 Å². The first-order valence-corrected chi connectivity index (χ1v) is 2.79. The van der Waals surface area contributed by atoms with Crippen molar-refractivity contribution in [2.24, 2.45) is 11.5 Å². The Balaban J connectivity index is 4.19. The lowest BCUT2D eigenvalue weighted by molar-refractivity contribution is -0.142. The van der Waals surface area contributed by atoms with Crippen LogP contribution in [0, 0.1) is 0 Å². The van der Waals surface area contributed by atoms with Crippen LogP contribution in [0.15, 0.2) is 0 Å². The lowest BCUT2D eigenvalue weighted by atomic mass is 10.1. The molecule has 1 atom stereocenters.